The SMILES string of the molecule is CC(CO)CN1C(=O)C(=O)c2c(Br)cccc21. The van der Waals surface area contributed by atoms with Gasteiger partial charge in [-0.2, -0.15) is 0 Å². The number of aliphatic hydroxyl groups excluding tert-OH is 1. The Kier molecular flexibility index (Phi) is 3.31. The number of Topliss-reactive ketones (excluding diaryl/α,β-unsaturated/α-hetero) is 1. The molecule has 0 spiro atoms. The van der Waals surface area contributed by atoms with Crippen molar-refractivity contribution in [2.24, 2.45) is 5.92 Å². The summed E-state index contributed by atoms with van der Waals surface area (Å²) in [6.45, 7) is 2.17. The van der Waals surface area contributed by atoms with Gasteiger partial charge < -0.3 is 10.0 Å². The fraction of sp³-hybridized carbons (Fsp3) is 0.333. The van der Waals surface area contributed by atoms with Crippen LogP contribution < -0.4 is 4.90 Å². The summed E-state index contributed by atoms with van der Waals surface area (Å²) in [6.07, 6.45) is 0. The molecule has 0 saturated heterocycles. The third kappa shape index (κ3) is 2.00. The zero-order valence-corrected chi connectivity index (χ0v) is 10.9. The van der Waals surface area contributed by atoms with Crippen LogP contribution in [-0.4, -0.2) is 29.9 Å². The minimum absolute atomic E-state index is 0.0126. The van der Waals surface area contributed by atoms with Gasteiger partial charge in [-0.3, -0.25) is 9.59 Å². The van der Waals surface area contributed by atoms with Crippen molar-refractivity contribution in [2.45, 2.75) is 6.92 Å². The number of amides is 1. The van der Waals surface area contributed by atoms with E-state index in [0.717, 1.165) is 0 Å². The maximum Gasteiger partial charge on any atom is 0.299 e. The molecule has 0 saturated carbocycles. The van der Waals surface area contributed by atoms with Crippen molar-refractivity contribution >= 4 is 33.3 Å². The molecule has 1 atom stereocenters. The fourth-order valence-corrected chi connectivity index (χ4v) is 2.39. The average Bonchev–Trinajstić information content (AvgIpc) is 2.55. The molecule has 0 aliphatic carbocycles. The number of ketones is 1. The van der Waals surface area contributed by atoms with Crippen LogP contribution in [0.4, 0.5) is 5.69 Å². The molecule has 1 aliphatic heterocycles. The van der Waals surface area contributed by atoms with E-state index in [-0.39, 0.29) is 12.5 Å². The van der Waals surface area contributed by atoms with E-state index in [4.69, 9.17) is 5.11 Å². The van der Waals surface area contributed by atoms with E-state index in [2.05, 4.69) is 15.9 Å². The van der Waals surface area contributed by atoms with Gasteiger partial charge in [0.05, 0.1) is 11.3 Å². The van der Waals surface area contributed by atoms with Crippen LogP contribution in [0.25, 0.3) is 0 Å². The second kappa shape index (κ2) is 4.58. The highest BCUT2D eigenvalue weighted by molar-refractivity contribution is 9.10. The third-order valence-electron chi connectivity index (χ3n) is 2.75. The van der Waals surface area contributed by atoms with Gasteiger partial charge in [-0.1, -0.05) is 13.0 Å². The Labute approximate surface area is 107 Å². The van der Waals surface area contributed by atoms with Crippen LogP contribution in [0.15, 0.2) is 22.7 Å². The zero-order chi connectivity index (χ0) is 12.6. The lowest BCUT2D eigenvalue weighted by Gasteiger charge is -2.19. The van der Waals surface area contributed by atoms with Gasteiger partial charge in [0, 0.05) is 17.6 Å². The Balaban J connectivity index is 2.42. The first-order valence-corrected chi connectivity index (χ1v) is 6.11. The van der Waals surface area contributed by atoms with E-state index in [1.165, 1.54) is 4.90 Å². The third-order valence-corrected chi connectivity index (χ3v) is 3.42. The number of fused-ring (bicyclic) bond motifs is 1. The molecule has 2 rings (SSSR count). The van der Waals surface area contributed by atoms with Crippen LogP contribution in [0.1, 0.15) is 17.3 Å². The second-order valence-electron chi connectivity index (χ2n) is 4.17. The maximum atomic E-state index is 11.8. The van der Waals surface area contributed by atoms with Crippen molar-refractivity contribution < 1.29 is 14.7 Å². The molecular formula is C12H12BrNO3. The molecule has 1 aromatic rings. The minimum Gasteiger partial charge on any atom is -0.396 e. The van der Waals surface area contributed by atoms with Crippen molar-refractivity contribution in [1.82, 2.24) is 0 Å². The van der Waals surface area contributed by atoms with E-state index in [1.807, 2.05) is 6.92 Å². The standard InChI is InChI=1S/C12H12BrNO3/c1-7(6-15)5-14-9-4-2-3-8(13)10(9)11(16)12(14)17/h2-4,7,15H,5-6H2,1H3. The molecule has 17 heavy (non-hydrogen) atoms. The first kappa shape index (κ1) is 12.3. The molecular weight excluding hydrogens is 286 g/mol. The molecule has 1 heterocycles. The van der Waals surface area contributed by atoms with E-state index >= 15 is 0 Å². The van der Waals surface area contributed by atoms with Gasteiger partial charge in [0.2, 0.25) is 0 Å². The van der Waals surface area contributed by atoms with Gasteiger partial charge in [0.1, 0.15) is 0 Å². The molecule has 1 aromatic carbocycles. The molecule has 5 heteroatoms. The predicted molar refractivity (Wildman–Crippen MR) is 67.1 cm³/mol. The van der Waals surface area contributed by atoms with E-state index in [0.29, 0.717) is 22.3 Å². The van der Waals surface area contributed by atoms with Crippen LogP contribution in [0, 0.1) is 5.92 Å². The van der Waals surface area contributed by atoms with Crippen LogP contribution >= 0.6 is 15.9 Å². The summed E-state index contributed by atoms with van der Waals surface area (Å²) in [7, 11) is 0. The summed E-state index contributed by atoms with van der Waals surface area (Å²) in [5, 5.41) is 9.02. The normalized spacial score (nSPS) is 16.3. The van der Waals surface area contributed by atoms with Gasteiger partial charge in [0.25, 0.3) is 11.7 Å². The number of benzene rings is 1. The molecule has 0 fully saturated rings. The number of hydrogen-bond acceptors (Lipinski definition) is 3. The van der Waals surface area contributed by atoms with Gasteiger partial charge in [-0.05, 0) is 34.0 Å². The van der Waals surface area contributed by atoms with E-state index in [9.17, 15) is 9.59 Å². The predicted octanol–water partition coefficient (Wildman–Crippen LogP) is 1.61. The first-order chi connectivity index (χ1) is 8.06. The van der Waals surface area contributed by atoms with Crippen molar-refractivity contribution in [1.29, 1.82) is 0 Å². The molecule has 4 nitrogen and oxygen atoms in total. The highest BCUT2D eigenvalue weighted by atomic mass is 79.9. The molecule has 1 amide bonds. The number of rotatable bonds is 3. The summed E-state index contributed by atoms with van der Waals surface area (Å²) in [4.78, 5) is 25.1. The number of halogens is 1. The summed E-state index contributed by atoms with van der Waals surface area (Å²) < 4.78 is 0.632. The molecule has 1 unspecified atom stereocenters. The molecule has 1 N–H and O–H groups in total. The Morgan fingerprint density at radius 2 is 2.12 bits per heavy atom. The highest BCUT2D eigenvalue weighted by Crippen LogP contribution is 2.34. The number of aliphatic hydroxyl groups is 1. The largest absolute Gasteiger partial charge is 0.396 e. The monoisotopic (exact) mass is 297 g/mol. The van der Waals surface area contributed by atoms with Crippen LogP contribution in [0.2, 0.25) is 0 Å². The Morgan fingerprint density at radius 3 is 2.76 bits per heavy atom. The minimum atomic E-state index is -0.521. The molecule has 0 aromatic heterocycles. The topological polar surface area (TPSA) is 57.6 Å². The lowest BCUT2D eigenvalue weighted by molar-refractivity contribution is -0.114. The summed E-state index contributed by atoms with van der Waals surface area (Å²) in [6, 6.07) is 5.27. The van der Waals surface area contributed by atoms with Crippen LogP contribution in [0.3, 0.4) is 0 Å². The Bertz CT molecular complexity index is 487. The van der Waals surface area contributed by atoms with Crippen molar-refractivity contribution in [3.05, 3.63) is 28.2 Å². The van der Waals surface area contributed by atoms with E-state index in [1.54, 1.807) is 18.2 Å². The number of carbonyl (C=O) groups is 2. The molecule has 0 bridgehead atoms. The van der Waals surface area contributed by atoms with Crippen molar-refractivity contribution in [2.75, 3.05) is 18.1 Å². The lowest BCUT2D eigenvalue weighted by Crippen LogP contribution is -2.34. The summed E-state index contributed by atoms with van der Waals surface area (Å²) in [5.74, 6) is -1.07. The number of hydrogen-bond donors (Lipinski definition) is 1. The molecule has 90 valence electrons. The van der Waals surface area contributed by atoms with Gasteiger partial charge in [-0.25, -0.2) is 0 Å². The van der Waals surface area contributed by atoms with Crippen LogP contribution in [0.5, 0.6) is 0 Å². The quantitative estimate of drug-likeness (QED) is 0.863. The zero-order valence-electron chi connectivity index (χ0n) is 9.31. The summed E-state index contributed by atoms with van der Waals surface area (Å²) in [5.41, 5.74) is 1.04. The van der Waals surface area contributed by atoms with Crippen molar-refractivity contribution in [3.63, 3.8) is 0 Å². The average molecular weight is 298 g/mol. The fourth-order valence-electron chi connectivity index (χ4n) is 1.85. The van der Waals surface area contributed by atoms with Gasteiger partial charge in [0.15, 0.2) is 0 Å². The molecule has 1 aliphatic rings. The smallest absolute Gasteiger partial charge is 0.299 e. The van der Waals surface area contributed by atoms with Crippen LogP contribution in [-0.2, 0) is 4.79 Å². The first-order valence-electron chi connectivity index (χ1n) is 5.31. The number of anilines is 1. The lowest BCUT2D eigenvalue weighted by atomic mass is 10.1. The van der Waals surface area contributed by atoms with Crippen molar-refractivity contribution in [3.8, 4) is 0 Å². The molecule has 0 radical (unpaired) electrons. The van der Waals surface area contributed by atoms with Gasteiger partial charge in [-0.15, -0.1) is 0 Å². The second-order valence-corrected chi connectivity index (χ2v) is 5.02. The maximum absolute atomic E-state index is 11.8. The highest BCUT2D eigenvalue weighted by Gasteiger charge is 2.37. The summed E-state index contributed by atoms with van der Waals surface area (Å²) >= 11 is 3.28. The Hall–Kier alpha value is -1.20. The van der Waals surface area contributed by atoms with E-state index < -0.39 is 11.7 Å². The number of nitrogens with zero attached hydrogens (tertiary/aromatic N) is 1. The Morgan fingerprint density at radius 1 is 1.41 bits per heavy atom. The van der Waals surface area contributed by atoms with Gasteiger partial charge >= 0.3 is 0 Å². The number of carbonyl (C=O) groups excluding carboxylic acids is 2.